The Balaban J connectivity index is 2.31. The van der Waals surface area contributed by atoms with Crippen LogP contribution in [0.25, 0.3) is 0 Å². The highest BCUT2D eigenvalue weighted by atomic mass is 79.9. The van der Waals surface area contributed by atoms with Crippen molar-refractivity contribution in [2.24, 2.45) is 0 Å². The minimum Gasteiger partial charge on any atom is -0.390 e. The van der Waals surface area contributed by atoms with Gasteiger partial charge in [-0.3, -0.25) is 0 Å². The molecule has 10 heteroatoms. The summed E-state index contributed by atoms with van der Waals surface area (Å²) in [6, 6.07) is 3.58. The van der Waals surface area contributed by atoms with E-state index in [1.54, 1.807) is 12.1 Å². The van der Waals surface area contributed by atoms with Crippen LogP contribution in [0.5, 0.6) is 0 Å². The van der Waals surface area contributed by atoms with Gasteiger partial charge in [-0.05, 0) is 34.1 Å². The number of hydrogen-bond acceptors (Lipinski definition) is 5. The average Bonchev–Trinajstić information content (AvgIpc) is 2.54. The molecule has 0 aliphatic carbocycles. The lowest BCUT2D eigenvalue weighted by Crippen LogP contribution is -2.42. The molecular weight excluding hydrogens is 438 g/mol. The number of rotatable bonds is 3. The van der Waals surface area contributed by atoms with Crippen LogP contribution in [0.1, 0.15) is 0 Å². The van der Waals surface area contributed by atoms with Gasteiger partial charge >= 0.3 is 0 Å². The molecule has 1 heterocycles. The first-order valence-electron chi connectivity index (χ1n) is 5.46. The standard InChI is InChI=1S/C10H11Br2NO5S2/c11-6-1-2-7(12)10(3-6)20(17,18)13-8-4-19(15,16)5-9(8)14/h1-3,8-9,13-14H,4-5H2/t8-,9+/m1/s1. The first-order chi connectivity index (χ1) is 9.11. The van der Waals surface area contributed by atoms with Crippen LogP contribution in [0.4, 0.5) is 0 Å². The Bertz CT molecular complexity index is 732. The molecule has 0 saturated carbocycles. The Kier molecular flexibility index (Phi) is 4.63. The molecule has 1 aromatic rings. The molecule has 112 valence electrons. The summed E-state index contributed by atoms with van der Waals surface area (Å²) in [4.78, 5) is -0.0247. The van der Waals surface area contributed by atoms with Crippen LogP contribution in [0.3, 0.4) is 0 Å². The molecule has 2 atom stereocenters. The van der Waals surface area contributed by atoms with Gasteiger partial charge < -0.3 is 5.11 Å². The normalized spacial score (nSPS) is 25.8. The van der Waals surface area contributed by atoms with Crippen LogP contribution in [0.2, 0.25) is 0 Å². The summed E-state index contributed by atoms with van der Waals surface area (Å²) in [5, 5.41) is 9.63. The summed E-state index contributed by atoms with van der Waals surface area (Å²) in [5.74, 6) is -0.834. The second kappa shape index (κ2) is 5.65. The molecule has 1 aliphatic heterocycles. The fraction of sp³-hybridized carbons (Fsp3) is 0.400. The number of aliphatic hydroxyl groups excluding tert-OH is 1. The zero-order valence-electron chi connectivity index (χ0n) is 9.95. The van der Waals surface area contributed by atoms with Gasteiger partial charge in [0.1, 0.15) is 0 Å². The molecular formula is C10H11Br2NO5S2. The van der Waals surface area contributed by atoms with Crippen molar-refractivity contribution in [3.05, 3.63) is 27.1 Å². The van der Waals surface area contributed by atoms with Crippen molar-refractivity contribution in [1.29, 1.82) is 0 Å². The third-order valence-electron chi connectivity index (χ3n) is 2.81. The van der Waals surface area contributed by atoms with Gasteiger partial charge in [-0.15, -0.1) is 0 Å². The van der Waals surface area contributed by atoms with E-state index < -0.39 is 43.5 Å². The quantitative estimate of drug-likeness (QED) is 0.706. The van der Waals surface area contributed by atoms with Gasteiger partial charge in [0.25, 0.3) is 0 Å². The predicted octanol–water partition coefficient (Wildman–Crippen LogP) is 0.648. The summed E-state index contributed by atoms with van der Waals surface area (Å²) in [6.07, 6.45) is -1.24. The number of benzene rings is 1. The van der Waals surface area contributed by atoms with Gasteiger partial charge in [0, 0.05) is 8.95 Å². The molecule has 0 aromatic heterocycles. The van der Waals surface area contributed by atoms with Crippen molar-refractivity contribution in [2.75, 3.05) is 11.5 Å². The molecule has 0 amide bonds. The minimum absolute atomic E-state index is 0.0247. The Morgan fingerprint density at radius 1 is 1.25 bits per heavy atom. The fourth-order valence-corrected chi connectivity index (χ4v) is 6.51. The summed E-state index contributed by atoms with van der Waals surface area (Å²) in [6.45, 7) is 0. The van der Waals surface area contributed by atoms with Crippen LogP contribution in [-0.2, 0) is 19.9 Å². The zero-order valence-corrected chi connectivity index (χ0v) is 14.8. The van der Waals surface area contributed by atoms with Crippen LogP contribution >= 0.6 is 31.9 Å². The van der Waals surface area contributed by atoms with E-state index in [9.17, 15) is 21.9 Å². The smallest absolute Gasteiger partial charge is 0.242 e. The number of sulfonamides is 1. The van der Waals surface area contributed by atoms with E-state index in [1.807, 2.05) is 0 Å². The van der Waals surface area contributed by atoms with Crippen LogP contribution < -0.4 is 4.72 Å². The van der Waals surface area contributed by atoms with Crippen LogP contribution in [0, 0.1) is 0 Å². The van der Waals surface area contributed by atoms with Crippen molar-refractivity contribution >= 4 is 51.7 Å². The second-order valence-electron chi connectivity index (χ2n) is 4.45. The Morgan fingerprint density at radius 3 is 2.45 bits per heavy atom. The number of sulfone groups is 1. The fourth-order valence-electron chi connectivity index (χ4n) is 1.89. The Labute approximate surface area is 133 Å². The van der Waals surface area contributed by atoms with Crippen molar-refractivity contribution in [1.82, 2.24) is 4.72 Å². The topological polar surface area (TPSA) is 101 Å². The van der Waals surface area contributed by atoms with Crippen LogP contribution in [0.15, 0.2) is 32.0 Å². The number of halogens is 2. The van der Waals surface area contributed by atoms with Gasteiger partial charge in [-0.1, -0.05) is 15.9 Å². The number of nitrogens with one attached hydrogen (secondary N) is 1. The summed E-state index contributed by atoms with van der Waals surface area (Å²) < 4.78 is 50.4. The minimum atomic E-state index is -3.93. The van der Waals surface area contributed by atoms with E-state index in [2.05, 4.69) is 36.6 Å². The average molecular weight is 449 g/mol. The van der Waals surface area contributed by atoms with Crippen molar-refractivity contribution in [3.63, 3.8) is 0 Å². The van der Waals surface area contributed by atoms with Gasteiger partial charge in [-0.2, -0.15) is 0 Å². The van der Waals surface area contributed by atoms with Gasteiger partial charge in [0.2, 0.25) is 10.0 Å². The zero-order chi connectivity index (χ0) is 15.1. The molecule has 20 heavy (non-hydrogen) atoms. The molecule has 1 saturated heterocycles. The van der Waals surface area contributed by atoms with Crippen LogP contribution in [-0.4, -0.2) is 45.6 Å². The molecule has 1 fully saturated rings. The van der Waals surface area contributed by atoms with E-state index in [0.29, 0.717) is 8.95 Å². The van der Waals surface area contributed by atoms with E-state index in [0.717, 1.165) is 0 Å². The molecule has 2 rings (SSSR count). The first kappa shape index (κ1) is 16.4. The highest BCUT2D eigenvalue weighted by Crippen LogP contribution is 2.26. The maximum atomic E-state index is 12.2. The third kappa shape index (κ3) is 3.60. The summed E-state index contributed by atoms with van der Waals surface area (Å²) in [7, 11) is -7.35. The predicted molar refractivity (Wildman–Crippen MR) is 80.6 cm³/mol. The Hall–Kier alpha value is -0.000000000000000111. The van der Waals surface area contributed by atoms with Gasteiger partial charge in [-0.25, -0.2) is 21.6 Å². The number of hydrogen-bond donors (Lipinski definition) is 2. The molecule has 0 spiro atoms. The lowest BCUT2D eigenvalue weighted by molar-refractivity contribution is 0.176. The first-order valence-corrected chi connectivity index (χ1v) is 10.4. The number of aliphatic hydroxyl groups is 1. The monoisotopic (exact) mass is 447 g/mol. The second-order valence-corrected chi connectivity index (χ2v) is 10.1. The van der Waals surface area contributed by atoms with E-state index in [4.69, 9.17) is 0 Å². The van der Waals surface area contributed by atoms with E-state index >= 15 is 0 Å². The van der Waals surface area contributed by atoms with E-state index in [1.165, 1.54) is 6.07 Å². The van der Waals surface area contributed by atoms with Crippen molar-refractivity contribution in [3.8, 4) is 0 Å². The van der Waals surface area contributed by atoms with Gasteiger partial charge in [0.15, 0.2) is 9.84 Å². The molecule has 1 aromatic carbocycles. The molecule has 6 nitrogen and oxygen atoms in total. The van der Waals surface area contributed by atoms with Crippen molar-refractivity contribution < 1.29 is 21.9 Å². The highest BCUT2D eigenvalue weighted by Gasteiger charge is 2.39. The van der Waals surface area contributed by atoms with E-state index in [-0.39, 0.29) is 4.90 Å². The molecule has 0 radical (unpaired) electrons. The van der Waals surface area contributed by atoms with Crippen molar-refractivity contribution in [2.45, 2.75) is 17.0 Å². The summed E-state index contributed by atoms with van der Waals surface area (Å²) in [5.41, 5.74) is 0. The Morgan fingerprint density at radius 2 is 1.90 bits per heavy atom. The molecule has 0 bridgehead atoms. The highest BCUT2D eigenvalue weighted by molar-refractivity contribution is 9.11. The third-order valence-corrected chi connectivity index (χ3v) is 7.51. The maximum Gasteiger partial charge on any atom is 0.242 e. The largest absolute Gasteiger partial charge is 0.390 e. The molecule has 1 aliphatic rings. The SMILES string of the molecule is O=S1(=O)C[C@H](O)[C@H](NS(=O)(=O)c2cc(Br)ccc2Br)C1. The maximum absolute atomic E-state index is 12.2. The lowest BCUT2D eigenvalue weighted by Gasteiger charge is -2.16. The lowest BCUT2D eigenvalue weighted by atomic mass is 10.2. The van der Waals surface area contributed by atoms with Gasteiger partial charge in [0.05, 0.1) is 28.5 Å². The summed E-state index contributed by atoms with van der Waals surface area (Å²) >= 11 is 6.31. The molecule has 2 N–H and O–H groups in total. The molecule has 0 unspecified atom stereocenters.